The summed E-state index contributed by atoms with van der Waals surface area (Å²) in [4.78, 5) is 20.2. The van der Waals surface area contributed by atoms with Crippen LogP contribution in [0.3, 0.4) is 0 Å². The number of imidazole rings is 1. The first kappa shape index (κ1) is 13.0. The first-order chi connectivity index (χ1) is 7.28. The van der Waals surface area contributed by atoms with E-state index in [1.165, 1.54) is 4.90 Å². The Kier molecular flexibility index (Phi) is 3.96. The van der Waals surface area contributed by atoms with Crippen LogP contribution in [0.5, 0.6) is 0 Å². The molecule has 5 nitrogen and oxygen atoms in total. The van der Waals surface area contributed by atoms with E-state index in [1.54, 1.807) is 13.2 Å². The van der Waals surface area contributed by atoms with Gasteiger partial charge in [-0.05, 0) is 36.7 Å². The molecule has 0 aromatic carbocycles. The zero-order chi connectivity index (χ0) is 12.3. The number of nitrogens with one attached hydrogen (secondary N) is 1. The Balaban J connectivity index is 2.52. The van der Waals surface area contributed by atoms with Gasteiger partial charge in [-0.25, -0.2) is 9.78 Å². The normalized spacial score (nSPS) is 11.3. The van der Waals surface area contributed by atoms with Crippen LogP contribution in [0, 0.1) is 0 Å². The number of aromatic nitrogens is 2. The standard InChI is InChI=1S/C10H16BrN3O2/c1-10(2,3)16-9(15)14(4)6-8-12-5-7(11)13-8/h5H,6H2,1-4H3,(H,12,13). The van der Waals surface area contributed by atoms with Crippen molar-refractivity contribution in [3.63, 3.8) is 0 Å². The summed E-state index contributed by atoms with van der Waals surface area (Å²) in [5.74, 6) is 0.709. The second-order valence-electron chi connectivity index (χ2n) is 4.51. The molecule has 0 spiro atoms. The number of carbonyl (C=O) groups excluding carboxylic acids is 1. The van der Waals surface area contributed by atoms with E-state index in [1.807, 2.05) is 20.8 Å². The van der Waals surface area contributed by atoms with Crippen molar-refractivity contribution in [1.82, 2.24) is 14.9 Å². The minimum absolute atomic E-state index is 0.361. The number of nitrogens with zero attached hydrogens (tertiary/aromatic N) is 2. The van der Waals surface area contributed by atoms with Gasteiger partial charge < -0.3 is 14.6 Å². The second kappa shape index (κ2) is 4.86. The van der Waals surface area contributed by atoms with Crippen molar-refractivity contribution in [2.24, 2.45) is 0 Å². The van der Waals surface area contributed by atoms with Crippen LogP contribution in [-0.2, 0) is 11.3 Å². The molecular formula is C10H16BrN3O2. The molecule has 0 radical (unpaired) electrons. The third-order valence-electron chi connectivity index (χ3n) is 1.69. The Morgan fingerprint density at radius 3 is 2.69 bits per heavy atom. The average molecular weight is 290 g/mol. The van der Waals surface area contributed by atoms with Crippen LogP contribution in [0.1, 0.15) is 26.6 Å². The molecule has 0 aliphatic carbocycles. The van der Waals surface area contributed by atoms with Gasteiger partial charge in [-0.15, -0.1) is 0 Å². The number of carbonyl (C=O) groups is 1. The third kappa shape index (κ3) is 4.22. The predicted molar refractivity (Wildman–Crippen MR) is 64.0 cm³/mol. The molecule has 1 N–H and O–H groups in total. The second-order valence-corrected chi connectivity index (χ2v) is 5.37. The fraction of sp³-hybridized carbons (Fsp3) is 0.600. The van der Waals surface area contributed by atoms with Gasteiger partial charge >= 0.3 is 6.09 Å². The summed E-state index contributed by atoms with van der Waals surface area (Å²) in [5.41, 5.74) is -0.477. The maximum absolute atomic E-state index is 11.6. The van der Waals surface area contributed by atoms with E-state index in [-0.39, 0.29) is 6.09 Å². The number of H-pyrrole nitrogens is 1. The molecule has 0 unspecified atom stereocenters. The molecule has 1 aromatic rings. The van der Waals surface area contributed by atoms with Crippen molar-refractivity contribution in [3.05, 3.63) is 16.6 Å². The molecule has 0 bridgehead atoms. The SMILES string of the molecule is CN(Cc1ncc(Br)[nH]1)C(=O)OC(C)(C)C. The van der Waals surface area contributed by atoms with Gasteiger partial charge in [0.1, 0.15) is 16.0 Å². The topological polar surface area (TPSA) is 58.2 Å². The molecule has 0 saturated carbocycles. The maximum atomic E-state index is 11.6. The van der Waals surface area contributed by atoms with Gasteiger partial charge in [0.15, 0.2) is 0 Å². The Hall–Kier alpha value is -1.04. The maximum Gasteiger partial charge on any atom is 0.410 e. The van der Waals surface area contributed by atoms with Crippen LogP contribution in [0.25, 0.3) is 0 Å². The number of ether oxygens (including phenoxy) is 1. The number of hydrogen-bond donors (Lipinski definition) is 1. The molecule has 0 aliphatic heterocycles. The number of halogens is 1. The van der Waals surface area contributed by atoms with Gasteiger partial charge in [0.2, 0.25) is 0 Å². The van der Waals surface area contributed by atoms with Gasteiger partial charge in [-0.3, -0.25) is 0 Å². The first-order valence-electron chi connectivity index (χ1n) is 4.91. The highest BCUT2D eigenvalue weighted by molar-refractivity contribution is 9.10. The summed E-state index contributed by atoms with van der Waals surface area (Å²) in [5, 5.41) is 0. The average Bonchev–Trinajstić information content (AvgIpc) is 2.48. The minimum Gasteiger partial charge on any atom is -0.444 e. The largest absolute Gasteiger partial charge is 0.444 e. The summed E-state index contributed by atoms with van der Waals surface area (Å²) in [6.45, 7) is 5.90. The number of amides is 1. The lowest BCUT2D eigenvalue weighted by Crippen LogP contribution is -2.34. The van der Waals surface area contributed by atoms with Crippen LogP contribution in [0.2, 0.25) is 0 Å². The van der Waals surface area contributed by atoms with E-state index in [4.69, 9.17) is 4.74 Å². The minimum atomic E-state index is -0.477. The fourth-order valence-electron chi connectivity index (χ4n) is 1.05. The van der Waals surface area contributed by atoms with Crippen molar-refractivity contribution in [2.75, 3.05) is 7.05 Å². The highest BCUT2D eigenvalue weighted by atomic mass is 79.9. The van der Waals surface area contributed by atoms with Crippen LogP contribution >= 0.6 is 15.9 Å². The zero-order valence-electron chi connectivity index (χ0n) is 9.87. The molecule has 0 aliphatic rings. The molecule has 0 saturated heterocycles. The smallest absolute Gasteiger partial charge is 0.410 e. The molecule has 90 valence electrons. The molecule has 1 heterocycles. The quantitative estimate of drug-likeness (QED) is 0.910. The van der Waals surface area contributed by atoms with E-state index in [2.05, 4.69) is 25.9 Å². The van der Waals surface area contributed by atoms with Crippen LogP contribution in [0.15, 0.2) is 10.8 Å². The molecule has 1 amide bonds. The molecule has 1 aromatic heterocycles. The Bertz CT molecular complexity index is 370. The van der Waals surface area contributed by atoms with Gasteiger partial charge in [-0.2, -0.15) is 0 Å². The summed E-state index contributed by atoms with van der Waals surface area (Å²) >= 11 is 3.26. The Labute approximate surface area is 103 Å². The molecule has 0 fully saturated rings. The molecular weight excluding hydrogens is 274 g/mol. The summed E-state index contributed by atoms with van der Waals surface area (Å²) < 4.78 is 6.00. The van der Waals surface area contributed by atoms with Crippen LogP contribution < -0.4 is 0 Å². The number of hydrogen-bond acceptors (Lipinski definition) is 3. The first-order valence-corrected chi connectivity index (χ1v) is 5.71. The molecule has 16 heavy (non-hydrogen) atoms. The van der Waals surface area contributed by atoms with Crippen LogP contribution in [0.4, 0.5) is 4.79 Å². The summed E-state index contributed by atoms with van der Waals surface area (Å²) in [7, 11) is 1.67. The lowest BCUT2D eigenvalue weighted by molar-refractivity contribution is 0.0281. The van der Waals surface area contributed by atoms with E-state index in [0.29, 0.717) is 12.4 Å². The Morgan fingerprint density at radius 1 is 1.62 bits per heavy atom. The third-order valence-corrected chi connectivity index (χ3v) is 2.09. The van der Waals surface area contributed by atoms with Crippen molar-refractivity contribution >= 4 is 22.0 Å². The van der Waals surface area contributed by atoms with E-state index in [9.17, 15) is 4.79 Å². The van der Waals surface area contributed by atoms with Crippen molar-refractivity contribution in [1.29, 1.82) is 0 Å². The molecule has 6 heteroatoms. The van der Waals surface area contributed by atoms with Crippen molar-refractivity contribution in [3.8, 4) is 0 Å². The number of aromatic amines is 1. The van der Waals surface area contributed by atoms with E-state index in [0.717, 1.165) is 4.60 Å². The van der Waals surface area contributed by atoms with E-state index < -0.39 is 5.60 Å². The van der Waals surface area contributed by atoms with Gasteiger partial charge in [-0.1, -0.05) is 0 Å². The van der Waals surface area contributed by atoms with Crippen molar-refractivity contribution in [2.45, 2.75) is 32.9 Å². The zero-order valence-corrected chi connectivity index (χ0v) is 11.5. The Morgan fingerprint density at radius 2 is 2.25 bits per heavy atom. The number of rotatable bonds is 2. The van der Waals surface area contributed by atoms with Gasteiger partial charge in [0.25, 0.3) is 0 Å². The molecule has 1 rings (SSSR count). The highest BCUT2D eigenvalue weighted by Gasteiger charge is 2.20. The monoisotopic (exact) mass is 289 g/mol. The molecule has 0 atom stereocenters. The van der Waals surface area contributed by atoms with Gasteiger partial charge in [0, 0.05) is 7.05 Å². The van der Waals surface area contributed by atoms with Gasteiger partial charge in [0.05, 0.1) is 12.7 Å². The van der Waals surface area contributed by atoms with Crippen molar-refractivity contribution < 1.29 is 9.53 Å². The summed E-state index contributed by atoms with van der Waals surface area (Å²) in [6.07, 6.45) is 1.29. The van der Waals surface area contributed by atoms with Crippen LogP contribution in [-0.4, -0.2) is 33.6 Å². The van der Waals surface area contributed by atoms with E-state index >= 15 is 0 Å². The summed E-state index contributed by atoms with van der Waals surface area (Å²) in [6, 6.07) is 0. The predicted octanol–water partition coefficient (Wildman–Crippen LogP) is 2.54. The lowest BCUT2D eigenvalue weighted by Gasteiger charge is -2.24. The lowest BCUT2D eigenvalue weighted by atomic mass is 10.2. The highest BCUT2D eigenvalue weighted by Crippen LogP contribution is 2.11. The fourth-order valence-corrected chi connectivity index (χ4v) is 1.38.